The van der Waals surface area contributed by atoms with Crippen LogP contribution in [0.1, 0.15) is 84.5 Å². The van der Waals surface area contributed by atoms with Crippen LogP contribution in [0.5, 0.6) is 0 Å². The molecule has 40 heavy (non-hydrogen) atoms. The summed E-state index contributed by atoms with van der Waals surface area (Å²) in [7, 11) is -5.07. The third-order valence-corrected chi connectivity index (χ3v) is 7.40. The van der Waals surface area contributed by atoms with Gasteiger partial charge in [-0.3, -0.25) is 18.6 Å². The topological polar surface area (TPSA) is 210 Å². The number of hydrogen-bond acceptors (Lipinski definition) is 12. The summed E-state index contributed by atoms with van der Waals surface area (Å²) < 4.78 is 32.3. The summed E-state index contributed by atoms with van der Waals surface area (Å²) in [5, 5.41) is 49.2. The van der Waals surface area contributed by atoms with Crippen molar-refractivity contribution in [2.45, 2.75) is 127 Å². The molecule has 0 aromatic heterocycles. The molecule has 0 aromatic rings. The normalized spacial score (nSPS) is 27.3. The van der Waals surface area contributed by atoms with Crippen molar-refractivity contribution in [2.75, 3.05) is 13.2 Å². The van der Waals surface area contributed by atoms with Crippen LogP contribution in [0.3, 0.4) is 0 Å². The van der Waals surface area contributed by atoms with E-state index in [-0.39, 0.29) is 12.8 Å². The Balaban J connectivity index is 2.52. The van der Waals surface area contributed by atoms with E-state index < -0.39 is 75.7 Å². The molecule has 6 atom stereocenters. The molecule has 14 heteroatoms. The monoisotopic (exact) mass is 598 g/mol. The molecule has 0 saturated heterocycles. The smallest absolute Gasteiger partial charge is 0.462 e. The summed E-state index contributed by atoms with van der Waals surface area (Å²) >= 11 is 0. The van der Waals surface area contributed by atoms with Crippen molar-refractivity contribution in [3.05, 3.63) is 12.2 Å². The van der Waals surface area contributed by atoms with Crippen molar-refractivity contribution in [2.24, 2.45) is 0 Å². The van der Waals surface area contributed by atoms with Gasteiger partial charge in [0.2, 0.25) is 0 Å². The molecule has 13 nitrogen and oxygen atoms in total. The molecule has 1 saturated carbocycles. The highest BCUT2D eigenvalue weighted by Crippen LogP contribution is 2.47. The quantitative estimate of drug-likeness (QED) is 0.0510. The first-order valence-corrected chi connectivity index (χ1v) is 15.5. The van der Waals surface area contributed by atoms with Gasteiger partial charge in [-0.1, -0.05) is 58.1 Å². The number of hydrogen-bond donors (Lipinski definition) is 6. The van der Waals surface area contributed by atoms with Gasteiger partial charge in [0.25, 0.3) is 0 Å². The number of allylic oxidation sites excluding steroid dienone is 2. The van der Waals surface area contributed by atoms with E-state index in [2.05, 4.69) is 19.1 Å². The van der Waals surface area contributed by atoms with E-state index >= 15 is 0 Å². The molecular formula is C26H47O13P. The highest BCUT2D eigenvalue weighted by Gasteiger charge is 2.51. The van der Waals surface area contributed by atoms with Crippen molar-refractivity contribution < 1.29 is 63.1 Å². The Hall–Kier alpha value is -1.41. The Morgan fingerprint density at radius 2 is 1.32 bits per heavy atom. The van der Waals surface area contributed by atoms with Crippen LogP contribution in [0.15, 0.2) is 12.2 Å². The van der Waals surface area contributed by atoms with Gasteiger partial charge in [0.1, 0.15) is 43.2 Å². The van der Waals surface area contributed by atoms with Crippen molar-refractivity contribution in [3.63, 3.8) is 0 Å². The van der Waals surface area contributed by atoms with E-state index in [1.54, 1.807) is 6.92 Å². The number of ether oxygens (including phenoxy) is 2. The highest BCUT2D eigenvalue weighted by atomic mass is 31.2. The first kappa shape index (κ1) is 36.6. The maximum atomic E-state index is 12.4. The minimum Gasteiger partial charge on any atom is -0.462 e. The molecule has 1 aliphatic rings. The zero-order valence-electron chi connectivity index (χ0n) is 23.4. The molecule has 0 spiro atoms. The zero-order chi connectivity index (χ0) is 30.1. The molecule has 0 bridgehead atoms. The fourth-order valence-corrected chi connectivity index (χ4v) is 4.92. The lowest BCUT2D eigenvalue weighted by atomic mass is 9.85. The second kappa shape index (κ2) is 19.7. The van der Waals surface area contributed by atoms with E-state index in [0.29, 0.717) is 6.42 Å². The van der Waals surface area contributed by atoms with E-state index in [0.717, 1.165) is 38.5 Å². The van der Waals surface area contributed by atoms with Crippen molar-refractivity contribution in [1.82, 2.24) is 0 Å². The lowest BCUT2D eigenvalue weighted by Crippen LogP contribution is -2.64. The number of carbonyl (C=O) groups is 2. The number of unbranched alkanes of at least 4 members (excludes halogenated alkanes) is 7. The van der Waals surface area contributed by atoms with Crippen LogP contribution < -0.4 is 0 Å². The van der Waals surface area contributed by atoms with E-state index in [1.165, 1.54) is 12.8 Å². The molecule has 0 aliphatic heterocycles. The predicted molar refractivity (Wildman–Crippen MR) is 143 cm³/mol. The van der Waals surface area contributed by atoms with Gasteiger partial charge in [-0.25, -0.2) is 4.57 Å². The molecule has 1 rings (SSSR count). The van der Waals surface area contributed by atoms with Crippen LogP contribution in [0.25, 0.3) is 0 Å². The van der Waals surface area contributed by atoms with Gasteiger partial charge in [0, 0.05) is 12.8 Å². The zero-order valence-corrected chi connectivity index (χ0v) is 24.3. The van der Waals surface area contributed by atoms with Crippen LogP contribution in [0, 0.1) is 0 Å². The third kappa shape index (κ3) is 14.0. The Kier molecular flexibility index (Phi) is 18.0. The molecule has 0 amide bonds. The summed E-state index contributed by atoms with van der Waals surface area (Å²) in [6, 6.07) is 0. The molecule has 0 heterocycles. The number of phosphoric acid groups is 1. The average molecular weight is 599 g/mol. The largest absolute Gasteiger partial charge is 0.472 e. The molecule has 234 valence electrons. The van der Waals surface area contributed by atoms with Crippen LogP contribution in [-0.2, 0) is 32.7 Å². The molecule has 1 aliphatic carbocycles. The maximum absolute atomic E-state index is 12.4. The Morgan fingerprint density at radius 3 is 1.93 bits per heavy atom. The van der Waals surface area contributed by atoms with Crippen LogP contribution in [0.2, 0.25) is 0 Å². The van der Waals surface area contributed by atoms with Crippen LogP contribution >= 0.6 is 7.82 Å². The van der Waals surface area contributed by atoms with E-state index in [9.17, 15) is 44.6 Å². The minimum atomic E-state index is -5.07. The van der Waals surface area contributed by atoms with Crippen LogP contribution in [0.4, 0.5) is 0 Å². The third-order valence-electron chi connectivity index (χ3n) is 6.41. The Bertz CT molecular complexity index is 791. The summed E-state index contributed by atoms with van der Waals surface area (Å²) in [4.78, 5) is 33.9. The molecule has 1 fully saturated rings. The van der Waals surface area contributed by atoms with Gasteiger partial charge in [0.05, 0.1) is 6.61 Å². The lowest BCUT2D eigenvalue weighted by Gasteiger charge is -2.41. The van der Waals surface area contributed by atoms with Gasteiger partial charge in [-0.2, -0.15) is 0 Å². The summed E-state index contributed by atoms with van der Waals surface area (Å²) in [6.07, 6.45) is 0.363. The summed E-state index contributed by atoms with van der Waals surface area (Å²) in [5.74, 6) is -1.22. The molecule has 6 N–H and O–H groups in total. The standard InChI is InChI=1S/C26H47O13P/c1-3-5-6-7-8-9-10-11-12-13-14-15-20(28)38-18(16-36-19(27)4-2)17-37-40(34,35)39-26-24(32)22(30)21(29)23(31)25(26)33/h7-8,18,21-26,29-33H,3-6,9-17H2,1-2H3,(H,34,35)/b8-7-. The minimum absolute atomic E-state index is 0.0472. The average Bonchev–Trinajstić information content (AvgIpc) is 2.93. The molecule has 0 aromatic carbocycles. The van der Waals surface area contributed by atoms with Crippen molar-refractivity contribution in [1.29, 1.82) is 0 Å². The Morgan fingerprint density at radius 1 is 0.775 bits per heavy atom. The summed E-state index contributed by atoms with van der Waals surface area (Å²) in [6.45, 7) is 2.52. The fourth-order valence-electron chi connectivity index (χ4n) is 3.95. The number of aliphatic hydroxyl groups is 5. The number of phosphoric ester groups is 1. The molecular weight excluding hydrogens is 551 g/mol. The van der Waals surface area contributed by atoms with Gasteiger partial charge in [-0.05, 0) is 25.7 Å². The fraction of sp³-hybridized carbons (Fsp3) is 0.846. The Labute approximate surface area is 235 Å². The number of rotatable bonds is 20. The van der Waals surface area contributed by atoms with Crippen molar-refractivity contribution in [3.8, 4) is 0 Å². The molecule has 6 unspecified atom stereocenters. The highest BCUT2D eigenvalue weighted by molar-refractivity contribution is 7.47. The summed E-state index contributed by atoms with van der Waals surface area (Å²) in [5.41, 5.74) is 0. The lowest BCUT2D eigenvalue weighted by molar-refractivity contribution is -0.220. The first-order chi connectivity index (χ1) is 18.9. The molecule has 0 radical (unpaired) electrons. The predicted octanol–water partition coefficient (Wildman–Crippen LogP) is 1.65. The second-order valence-corrected chi connectivity index (χ2v) is 11.3. The number of aliphatic hydroxyl groups excluding tert-OH is 5. The van der Waals surface area contributed by atoms with Crippen molar-refractivity contribution >= 4 is 19.8 Å². The second-order valence-electron chi connectivity index (χ2n) is 9.86. The maximum Gasteiger partial charge on any atom is 0.472 e. The van der Waals surface area contributed by atoms with Gasteiger partial charge < -0.3 is 39.9 Å². The van der Waals surface area contributed by atoms with E-state index in [1.807, 2.05) is 0 Å². The number of carbonyl (C=O) groups excluding carboxylic acids is 2. The number of esters is 2. The van der Waals surface area contributed by atoms with E-state index in [4.69, 9.17) is 18.5 Å². The first-order valence-electron chi connectivity index (χ1n) is 14.0. The van der Waals surface area contributed by atoms with Gasteiger partial charge >= 0.3 is 19.8 Å². The van der Waals surface area contributed by atoms with Crippen LogP contribution in [-0.4, -0.2) is 98.3 Å². The van der Waals surface area contributed by atoms with Gasteiger partial charge in [-0.15, -0.1) is 0 Å². The van der Waals surface area contributed by atoms with Gasteiger partial charge in [0.15, 0.2) is 6.10 Å². The SMILES string of the molecule is CCCC/C=C\CCCCCCCC(=O)OC(COC(=O)CC)COP(=O)(O)OC1C(O)C(O)C(O)C(O)C1O.